The van der Waals surface area contributed by atoms with Crippen LogP contribution in [0.5, 0.6) is 0 Å². The Balaban J connectivity index is 2.34. The molecule has 0 radical (unpaired) electrons. The van der Waals surface area contributed by atoms with Gasteiger partial charge in [-0.05, 0) is 36.4 Å². The molecule has 0 saturated heterocycles. The number of hydrogen-bond donors (Lipinski definition) is 1. The topological polar surface area (TPSA) is 82.5 Å². The molecule has 0 bridgehead atoms. The summed E-state index contributed by atoms with van der Waals surface area (Å²) >= 11 is 5.95. The van der Waals surface area contributed by atoms with E-state index in [2.05, 4.69) is 4.74 Å². The molecule has 2 rings (SSSR count). The van der Waals surface area contributed by atoms with Gasteiger partial charge in [-0.25, -0.2) is 4.79 Å². The first-order valence-corrected chi connectivity index (χ1v) is 6.34. The van der Waals surface area contributed by atoms with Gasteiger partial charge in [-0.3, -0.25) is 4.79 Å². The largest absolute Gasteiger partial charge is 0.465 e. The van der Waals surface area contributed by atoms with Crippen LogP contribution in [0.25, 0.3) is 17.4 Å². The van der Waals surface area contributed by atoms with E-state index >= 15 is 0 Å². The van der Waals surface area contributed by atoms with Gasteiger partial charge in [0, 0.05) is 11.6 Å². The molecule has 0 atom stereocenters. The van der Waals surface area contributed by atoms with Crippen LogP contribution < -0.4 is 5.73 Å². The zero-order valence-electron chi connectivity index (χ0n) is 11.1. The molecule has 5 nitrogen and oxygen atoms in total. The predicted molar refractivity (Wildman–Crippen MR) is 78.7 cm³/mol. The molecule has 2 N–H and O–H groups in total. The van der Waals surface area contributed by atoms with Crippen molar-refractivity contribution in [2.75, 3.05) is 7.11 Å². The zero-order chi connectivity index (χ0) is 15.4. The molecule has 0 saturated carbocycles. The van der Waals surface area contributed by atoms with Crippen molar-refractivity contribution in [3.63, 3.8) is 0 Å². The Bertz CT molecular complexity index is 718. The average Bonchev–Trinajstić information content (AvgIpc) is 2.93. The smallest absolute Gasteiger partial charge is 0.339 e. The number of amides is 1. The van der Waals surface area contributed by atoms with Crippen molar-refractivity contribution < 1.29 is 18.7 Å². The van der Waals surface area contributed by atoms with Crippen LogP contribution in [-0.4, -0.2) is 19.0 Å². The Morgan fingerprint density at radius 2 is 2.05 bits per heavy atom. The summed E-state index contributed by atoms with van der Waals surface area (Å²) in [5, 5.41) is 0.297. The fourth-order valence-electron chi connectivity index (χ4n) is 1.71. The number of ether oxygens (including phenoxy) is 1. The summed E-state index contributed by atoms with van der Waals surface area (Å²) in [4.78, 5) is 22.3. The third-order valence-electron chi connectivity index (χ3n) is 2.69. The van der Waals surface area contributed by atoms with Gasteiger partial charge in [0.15, 0.2) is 0 Å². The maximum Gasteiger partial charge on any atom is 0.339 e. The molecule has 0 aliphatic rings. The van der Waals surface area contributed by atoms with E-state index in [9.17, 15) is 9.59 Å². The second kappa shape index (κ2) is 6.28. The van der Waals surface area contributed by atoms with Crippen LogP contribution >= 0.6 is 11.6 Å². The fraction of sp³-hybridized carbons (Fsp3) is 0.0667. The van der Waals surface area contributed by atoms with Gasteiger partial charge in [0.05, 0.1) is 17.7 Å². The number of furan rings is 1. The molecule has 108 valence electrons. The first-order valence-electron chi connectivity index (χ1n) is 5.97. The van der Waals surface area contributed by atoms with Crippen LogP contribution in [0.1, 0.15) is 16.1 Å². The minimum absolute atomic E-state index is 0.252. The van der Waals surface area contributed by atoms with Gasteiger partial charge in [0.25, 0.3) is 0 Å². The summed E-state index contributed by atoms with van der Waals surface area (Å²) in [5.41, 5.74) is 5.93. The van der Waals surface area contributed by atoms with Crippen molar-refractivity contribution >= 4 is 29.6 Å². The molecule has 2 aromatic rings. The minimum Gasteiger partial charge on any atom is -0.465 e. The summed E-state index contributed by atoms with van der Waals surface area (Å²) in [6, 6.07) is 8.28. The van der Waals surface area contributed by atoms with Crippen molar-refractivity contribution in [2.45, 2.75) is 0 Å². The van der Waals surface area contributed by atoms with Gasteiger partial charge in [0.2, 0.25) is 5.91 Å². The fourth-order valence-corrected chi connectivity index (χ4v) is 1.90. The van der Waals surface area contributed by atoms with Crippen LogP contribution in [0.3, 0.4) is 0 Å². The van der Waals surface area contributed by atoms with Crippen LogP contribution in [0.4, 0.5) is 0 Å². The lowest BCUT2D eigenvalue weighted by atomic mass is 10.1. The van der Waals surface area contributed by atoms with Crippen molar-refractivity contribution in [1.82, 2.24) is 0 Å². The summed E-state index contributed by atoms with van der Waals surface area (Å²) in [7, 11) is 1.28. The van der Waals surface area contributed by atoms with E-state index in [-0.39, 0.29) is 5.56 Å². The number of methoxy groups -OCH3 is 1. The van der Waals surface area contributed by atoms with Crippen molar-refractivity contribution in [3.8, 4) is 11.3 Å². The third-order valence-corrected chi connectivity index (χ3v) is 3.02. The highest BCUT2D eigenvalue weighted by Gasteiger charge is 2.13. The van der Waals surface area contributed by atoms with E-state index in [1.807, 2.05) is 0 Å². The van der Waals surface area contributed by atoms with Crippen LogP contribution in [0, 0.1) is 0 Å². The molecule has 0 spiro atoms. The van der Waals surface area contributed by atoms with Crippen LogP contribution in [0.15, 0.2) is 40.8 Å². The lowest BCUT2D eigenvalue weighted by Gasteiger charge is -2.04. The second-order valence-corrected chi connectivity index (χ2v) is 4.53. The Kier molecular flexibility index (Phi) is 4.45. The van der Waals surface area contributed by atoms with E-state index in [0.29, 0.717) is 22.1 Å². The van der Waals surface area contributed by atoms with Gasteiger partial charge in [0.1, 0.15) is 11.5 Å². The van der Waals surface area contributed by atoms with Crippen molar-refractivity contribution in [1.29, 1.82) is 0 Å². The molecule has 0 unspecified atom stereocenters. The Labute approximate surface area is 125 Å². The van der Waals surface area contributed by atoms with E-state index < -0.39 is 11.9 Å². The van der Waals surface area contributed by atoms with E-state index in [4.69, 9.17) is 21.8 Å². The number of carbonyl (C=O) groups is 2. The molecule has 6 heteroatoms. The highest BCUT2D eigenvalue weighted by molar-refractivity contribution is 6.33. The Morgan fingerprint density at radius 3 is 2.71 bits per heavy atom. The molecule has 0 aliphatic heterocycles. The minimum atomic E-state index is -0.563. The average molecular weight is 306 g/mol. The van der Waals surface area contributed by atoms with E-state index in [0.717, 1.165) is 0 Å². The number of carbonyl (C=O) groups excluding carboxylic acids is 2. The molecular formula is C15H12ClNO4. The van der Waals surface area contributed by atoms with Crippen LogP contribution in [0.2, 0.25) is 5.02 Å². The van der Waals surface area contributed by atoms with Gasteiger partial charge in [-0.15, -0.1) is 0 Å². The Hall–Kier alpha value is -2.53. The molecule has 1 aromatic carbocycles. The van der Waals surface area contributed by atoms with Crippen LogP contribution in [-0.2, 0) is 9.53 Å². The lowest BCUT2D eigenvalue weighted by molar-refractivity contribution is -0.113. The summed E-state index contributed by atoms with van der Waals surface area (Å²) in [6.07, 6.45) is 2.66. The van der Waals surface area contributed by atoms with E-state index in [1.165, 1.54) is 19.3 Å². The van der Waals surface area contributed by atoms with Gasteiger partial charge >= 0.3 is 5.97 Å². The number of rotatable bonds is 4. The SMILES string of the molecule is COC(=O)c1cc(-c2ccc(/C=C\C(N)=O)o2)ccc1Cl. The number of benzene rings is 1. The molecule has 21 heavy (non-hydrogen) atoms. The molecule has 1 aromatic heterocycles. The molecule has 1 heterocycles. The standard InChI is InChI=1S/C15H12ClNO4/c1-20-15(19)11-8-9(2-5-12(11)16)13-6-3-10(21-13)4-7-14(17)18/h2-8H,1H3,(H2,17,18)/b7-4-. The summed E-state index contributed by atoms with van der Waals surface area (Å²) in [5.74, 6) is -0.0889. The number of hydrogen-bond acceptors (Lipinski definition) is 4. The van der Waals surface area contributed by atoms with E-state index in [1.54, 1.807) is 30.3 Å². The van der Waals surface area contributed by atoms with Gasteiger partial charge in [-0.1, -0.05) is 11.6 Å². The number of nitrogens with two attached hydrogens (primary N) is 1. The first-order chi connectivity index (χ1) is 10.0. The van der Waals surface area contributed by atoms with Gasteiger partial charge < -0.3 is 14.9 Å². The highest BCUT2D eigenvalue weighted by Crippen LogP contribution is 2.27. The summed E-state index contributed by atoms with van der Waals surface area (Å²) < 4.78 is 10.2. The predicted octanol–water partition coefficient (Wildman–Crippen LogP) is 2.89. The maximum atomic E-state index is 11.6. The Morgan fingerprint density at radius 1 is 1.29 bits per heavy atom. The van der Waals surface area contributed by atoms with Gasteiger partial charge in [-0.2, -0.15) is 0 Å². The quantitative estimate of drug-likeness (QED) is 0.695. The first kappa shape index (κ1) is 14.9. The maximum absolute atomic E-state index is 11.6. The van der Waals surface area contributed by atoms with Crippen molar-refractivity contribution in [3.05, 3.63) is 52.8 Å². The normalized spacial score (nSPS) is 10.8. The highest BCUT2D eigenvalue weighted by atomic mass is 35.5. The molecule has 0 aliphatic carbocycles. The third kappa shape index (κ3) is 3.52. The summed E-state index contributed by atoms with van der Waals surface area (Å²) in [6.45, 7) is 0. The molecule has 1 amide bonds. The molecular weight excluding hydrogens is 294 g/mol. The lowest BCUT2D eigenvalue weighted by Crippen LogP contribution is -2.04. The second-order valence-electron chi connectivity index (χ2n) is 4.12. The van der Waals surface area contributed by atoms with Crippen molar-refractivity contribution in [2.24, 2.45) is 5.73 Å². The number of primary amides is 1. The molecule has 0 fully saturated rings. The number of esters is 1. The number of halogens is 1. The monoisotopic (exact) mass is 305 g/mol. The zero-order valence-corrected chi connectivity index (χ0v) is 11.9.